The van der Waals surface area contributed by atoms with Crippen molar-refractivity contribution >= 4 is 0 Å². The quantitative estimate of drug-likeness (QED) is 0.844. The van der Waals surface area contributed by atoms with Gasteiger partial charge in [-0.05, 0) is 18.9 Å². The molecule has 0 amide bonds. The first kappa shape index (κ1) is 12.6. The third-order valence-corrected chi connectivity index (χ3v) is 3.61. The molecule has 0 radical (unpaired) electrons. The summed E-state index contributed by atoms with van der Waals surface area (Å²) in [5, 5.41) is 13.6. The molecule has 4 nitrogen and oxygen atoms in total. The smallest absolute Gasteiger partial charge is 0.0764 e. The lowest BCUT2D eigenvalue weighted by Crippen LogP contribution is -2.38. The number of hydrogen-bond donors (Lipinski definition) is 1. The molecule has 0 saturated heterocycles. The first-order chi connectivity index (χ1) is 8.29. The van der Waals surface area contributed by atoms with Gasteiger partial charge in [0.25, 0.3) is 0 Å². The molecule has 0 unspecified atom stereocenters. The van der Waals surface area contributed by atoms with Gasteiger partial charge in [0, 0.05) is 32.4 Å². The van der Waals surface area contributed by atoms with Crippen molar-refractivity contribution in [3.63, 3.8) is 0 Å². The fraction of sp³-hybridized carbons (Fsp3) is 0.769. The minimum Gasteiger partial charge on any atom is -0.395 e. The first-order valence-electron chi connectivity index (χ1n) is 6.63. The average Bonchev–Trinajstić information content (AvgIpc) is 2.75. The lowest BCUT2D eigenvalue weighted by Gasteiger charge is -2.33. The van der Waals surface area contributed by atoms with E-state index >= 15 is 0 Å². The van der Waals surface area contributed by atoms with Gasteiger partial charge in [0.05, 0.1) is 12.3 Å². The zero-order valence-corrected chi connectivity index (χ0v) is 10.7. The third kappa shape index (κ3) is 3.54. The van der Waals surface area contributed by atoms with Crippen molar-refractivity contribution in [2.75, 3.05) is 13.2 Å². The standard InChI is InChI=1S/C13H23N3O/c1-15-8-7-12(14-15)11-16(9-10-17)13-5-3-2-4-6-13/h7-8,13,17H,2-6,9-11H2,1H3. The number of rotatable bonds is 5. The highest BCUT2D eigenvalue weighted by molar-refractivity contribution is 4.99. The van der Waals surface area contributed by atoms with Crippen LogP contribution in [0.25, 0.3) is 0 Å². The maximum Gasteiger partial charge on any atom is 0.0764 e. The molecule has 0 bridgehead atoms. The molecule has 4 heteroatoms. The van der Waals surface area contributed by atoms with Crippen molar-refractivity contribution < 1.29 is 5.11 Å². The molecule has 0 aromatic carbocycles. The molecule has 1 heterocycles. The second-order valence-electron chi connectivity index (χ2n) is 4.97. The van der Waals surface area contributed by atoms with Gasteiger partial charge in [-0.3, -0.25) is 9.58 Å². The Morgan fingerprint density at radius 2 is 2.18 bits per heavy atom. The van der Waals surface area contributed by atoms with Crippen LogP contribution in [0.5, 0.6) is 0 Å². The van der Waals surface area contributed by atoms with Gasteiger partial charge in [0.1, 0.15) is 0 Å². The summed E-state index contributed by atoms with van der Waals surface area (Å²) >= 11 is 0. The molecule has 1 fully saturated rings. The fourth-order valence-electron chi connectivity index (χ4n) is 2.72. The van der Waals surface area contributed by atoms with Gasteiger partial charge in [-0.25, -0.2) is 0 Å². The van der Waals surface area contributed by atoms with Crippen molar-refractivity contribution in [1.82, 2.24) is 14.7 Å². The molecule has 17 heavy (non-hydrogen) atoms. The summed E-state index contributed by atoms with van der Waals surface area (Å²) in [6.07, 6.45) is 8.55. The monoisotopic (exact) mass is 237 g/mol. The maximum atomic E-state index is 9.18. The summed E-state index contributed by atoms with van der Waals surface area (Å²) in [7, 11) is 1.94. The summed E-state index contributed by atoms with van der Waals surface area (Å²) in [6, 6.07) is 2.70. The Bertz CT molecular complexity index is 331. The van der Waals surface area contributed by atoms with Gasteiger partial charge < -0.3 is 5.11 Å². The summed E-state index contributed by atoms with van der Waals surface area (Å²) in [4.78, 5) is 2.39. The molecule has 1 N–H and O–H groups in total. The second kappa shape index (κ2) is 6.17. The second-order valence-corrected chi connectivity index (χ2v) is 4.97. The van der Waals surface area contributed by atoms with E-state index < -0.39 is 0 Å². The van der Waals surface area contributed by atoms with Crippen LogP contribution >= 0.6 is 0 Å². The van der Waals surface area contributed by atoms with Crippen LogP contribution < -0.4 is 0 Å². The molecule has 0 spiro atoms. The van der Waals surface area contributed by atoms with Crippen LogP contribution in [0.3, 0.4) is 0 Å². The van der Waals surface area contributed by atoms with E-state index in [0.29, 0.717) is 6.04 Å². The Morgan fingerprint density at radius 3 is 2.76 bits per heavy atom. The van der Waals surface area contributed by atoms with Crippen LogP contribution in [0.4, 0.5) is 0 Å². The number of aromatic nitrogens is 2. The zero-order valence-electron chi connectivity index (χ0n) is 10.7. The molecule has 2 rings (SSSR count). The summed E-state index contributed by atoms with van der Waals surface area (Å²) < 4.78 is 1.84. The van der Waals surface area contributed by atoms with Gasteiger partial charge in [-0.2, -0.15) is 5.10 Å². The zero-order chi connectivity index (χ0) is 12.1. The predicted molar refractivity (Wildman–Crippen MR) is 67.6 cm³/mol. The van der Waals surface area contributed by atoms with E-state index in [1.54, 1.807) is 0 Å². The van der Waals surface area contributed by atoms with Crippen LogP contribution in [0.1, 0.15) is 37.8 Å². The average molecular weight is 237 g/mol. The van der Waals surface area contributed by atoms with Gasteiger partial charge in [0.15, 0.2) is 0 Å². The van der Waals surface area contributed by atoms with E-state index in [1.165, 1.54) is 32.1 Å². The van der Waals surface area contributed by atoms with Gasteiger partial charge in [0.2, 0.25) is 0 Å². The van der Waals surface area contributed by atoms with Gasteiger partial charge in [-0.15, -0.1) is 0 Å². The van der Waals surface area contributed by atoms with Crippen LogP contribution in [-0.4, -0.2) is 39.0 Å². The lowest BCUT2D eigenvalue weighted by atomic mass is 9.94. The minimum absolute atomic E-state index is 0.239. The van der Waals surface area contributed by atoms with Crippen molar-refractivity contribution in [2.24, 2.45) is 7.05 Å². The minimum atomic E-state index is 0.239. The third-order valence-electron chi connectivity index (χ3n) is 3.61. The molecule has 1 saturated carbocycles. The molecule has 0 atom stereocenters. The highest BCUT2D eigenvalue weighted by Gasteiger charge is 2.21. The Kier molecular flexibility index (Phi) is 4.57. The normalized spacial score (nSPS) is 17.8. The van der Waals surface area contributed by atoms with Crippen LogP contribution in [0, 0.1) is 0 Å². The van der Waals surface area contributed by atoms with Gasteiger partial charge in [-0.1, -0.05) is 19.3 Å². The highest BCUT2D eigenvalue weighted by atomic mass is 16.3. The first-order valence-corrected chi connectivity index (χ1v) is 6.63. The molecule has 96 valence electrons. The van der Waals surface area contributed by atoms with E-state index in [-0.39, 0.29) is 6.61 Å². The molecular formula is C13H23N3O. The van der Waals surface area contributed by atoms with E-state index in [0.717, 1.165) is 18.8 Å². The molecule has 1 aliphatic carbocycles. The summed E-state index contributed by atoms with van der Waals surface area (Å²) in [5.41, 5.74) is 1.10. The molecular weight excluding hydrogens is 214 g/mol. The largest absolute Gasteiger partial charge is 0.395 e. The number of aliphatic hydroxyl groups is 1. The Morgan fingerprint density at radius 1 is 1.41 bits per heavy atom. The van der Waals surface area contributed by atoms with E-state index in [4.69, 9.17) is 0 Å². The van der Waals surface area contributed by atoms with Gasteiger partial charge >= 0.3 is 0 Å². The van der Waals surface area contributed by atoms with Crippen LogP contribution in [0.2, 0.25) is 0 Å². The maximum absolute atomic E-state index is 9.18. The fourth-order valence-corrected chi connectivity index (χ4v) is 2.72. The number of hydrogen-bond acceptors (Lipinski definition) is 3. The number of aryl methyl sites for hydroxylation is 1. The predicted octanol–water partition coefficient (Wildman–Crippen LogP) is 1.55. The van der Waals surface area contributed by atoms with Crippen LogP contribution in [0.15, 0.2) is 12.3 Å². The molecule has 1 aromatic rings. The topological polar surface area (TPSA) is 41.3 Å². The van der Waals surface area contributed by atoms with Crippen molar-refractivity contribution in [1.29, 1.82) is 0 Å². The SMILES string of the molecule is Cn1ccc(CN(CCO)C2CCCCC2)n1. The summed E-state index contributed by atoms with van der Waals surface area (Å²) in [5.74, 6) is 0. The van der Waals surface area contributed by atoms with Crippen molar-refractivity contribution in [3.8, 4) is 0 Å². The lowest BCUT2D eigenvalue weighted by molar-refractivity contribution is 0.116. The number of aliphatic hydroxyl groups excluding tert-OH is 1. The van der Waals surface area contributed by atoms with E-state index in [2.05, 4.69) is 16.1 Å². The highest BCUT2D eigenvalue weighted by Crippen LogP contribution is 2.23. The Labute approximate surface area is 103 Å². The summed E-state index contributed by atoms with van der Waals surface area (Å²) in [6.45, 7) is 1.87. The van der Waals surface area contributed by atoms with E-state index in [9.17, 15) is 5.11 Å². The van der Waals surface area contributed by atoms with Crippen LogP contribution in [-0.2, 0) is 13.6 Å². The number of nitrogens with zero attached hydrogens (tertiary/aromatic N) is 3. The molecule has 1 aromatic heterocycles. The van der Waals surface area contributed by atoms with E-state index in [1.807, 2.05) is 17.9 Å². The molecule has 0 aliphatic heterocycles. The van der Waals surface area contributed by atoms with Crippen molar-refractivity contribution in [3.05, 3.63) is 18.0 Å². The molecule has 1 aliphatic rings. The Hall–Kier alpha value is -0.870. The van der Waals surface area contributed by atoms with Crippen molar-refractivity contribution in [2.45, 2.75) is 44.7 Å². The Balaban J connectivity index is 1.95.